The first-order valence-electron chi connectivity index (χ1n) is 7.35. The second-order valence-corrected chi connectivity index (χ2v) is 9.74. The van der Waals surface area contributed by atoms with Gasteiger partial charge < -0.3 is 4.74 Å². The molecule has 3 rings (SSSR count). The molecule has 1 heterocycles. The van der Waals surface area contributed by atoms with Crippen molar-refractivity contribution in [2.75, 3.05) is 0 Å². The molecule has 0 radical (unpaired) electrons. The summed E-state index contributed by atoms with van der Waals surface area (Å²) in [5.74, 6) is -0.0545. The molecule has 4 nitrogen and oxygen atoms in total. The van der Waals surface area contributed by atoms with E-state index < -0.39 is 31.0 Å². The Balaban J connectivity index is 2.12. The Hall–Kier alpha value is -1.50. The van der Waals surface area contributed by atoms with Crippen LogP contribution < -0.4 is 0 Å². The highest BCUT2D eigenvalue weighted by Gasteiger charge is 2.72. The van der Waals surface area contributed by atoms with E-state index in [2.05, 4.69) is 0 Å². The summed E-state index contributed by atoms with van der Waals surface area (Å²) in [6, 6.07) is 16.7. The monoisotopic (exact) mass is 350 g/mol. The number of rotatable bonds is 5. The summed E-state index contributed by atoms with van der Waals surface area (Å²) >= 11 is 0. The van der Waals surface area contributed by atoms with Crippen molar-refractivity contribution in [2.24, 2.45) is 5.92 Å². The van der Waals surface area contributed by atoms with E-state index in [0.29, 0.717) is 4.90 Å². The highest BCUT2D eigenvalue weighted by molar-refractivity contribution is 8.07. The Labute approximate surface area is 138 Å². The van der Waals surface area contributed by atoms with E-state index in [4.69, 9.17) is 4.74 Å². The van der Waals surface area contributed by atoms with Crippen LogP contribution >= 0.6 is 0 Å². The van der Waals surface area contributed by atoms with Gasteiger partial charge in [0.1, 0.15) is 16.9 Å². The molecule has 23 heavy (non-hydrogen) atoms. The fourth-order valence-corrected chi connectivity index (χ4v) is 7.06. The number of benzene rings is 2. The Morgan fingerprint density at radius 3 is 2.00 bits per heavy atom. The van der Waals surface area contributed by atoms with Gasteiger partial charge in [-0.1, -0.05) is 50.2 Å². The van der Waals surface area contributed by atoms with E-state index in [1.54, 1.807) is 48.5 Å². The van der Waals surface area contributed by atoms with Gasteiger partial charge in [0.25, 0.3) is 4.27 Å². The molecule has 1 saturated heterocycles. The lowest BCUT2D eigenvalue weighted by atomic mass is 10.1. The maximum Gasteiger partial charge on any atom is 0.280 e. The van der Waals surface area contributed by atoms with Crippen LogP contribution in [0.2, 0.25) is 0 Å². The molecule has 1 fully saturated rings. The molecule has 2 aromatic carbocycles. The van der Waals surface area contributed by atoms with Gasteiger partial charge in [-0.15, -0.1) is 0 Å². The lowest BCUT2D eigenvalue weighted by Crippen LogP contribution is -2.34. The van der Waals surface area contributed by atoms with Crippen LogP contribution in [0.1, 0.15) is 13.8 Å². The van der Waals surface area contributed by atoms with E-state index in [1.165, 1.54) is 12.1 Å². The summed E-state index contributed by atoms with van der Waals surface area (Å²) < 4.78 is 43.2. The van der Waals surface area contributed by atoms with Gasteiger partial charge in [0.15, 0.2) is 0 Å². The van der Waals surface area contributed by atoms with Crippen LogP contribution in [0.4, 0.5) is 0 Å². The molecule has 1 unspecified atom stereocenters. The molecule has 0 spiro atoms. The second kappa shape index (κ2) is 5.85. The summed E-state index contributed by atoms with van der Waals surface area (Å²) in [5.41, 5.74) is 0. The van der Waals surface area contributed by atoms with Crippen LogP contribution in [0.5, 0.6) is 0 Å². The van der Waals surface area contributed by atoms with Gasteiger partial charge in [-0.2, -0.15) is 0 Å². The van der Waals surface area contributed by atoms with Crippen molar-refractivity contribution in [3.8, 4) is 0 Å². The number of epoxide rings is 1. The Bertz CT molecular complexity index is 816. The lowest BCUT2D eigenvalue weighted by Gasteiger charge is -2.15. The first kappa shape index (κ1) is 16.4. The lowest BCUT2D eigenvalue weighted by molar-refractivity contribution is 0.341. The zero-order valence-electron chi connectivity index (χ0n) is 12.9. The first-order chi connectivity index (χ1) is 10.9. The van der Waals surface area contributed by atoms with Crippen molar-refractivity contribution < 1.29 is 17.4 Å². The van der Waals surface area contributed by atoms with Crippen molar-refractivity contribution >= 4 is 20.6 Å². The van der Waals surface area contributed by atoms with Crippen molar-refractivity contribution in [1.29, 1.82) is 0 Å². The average Bonchev–Trinajstić information content (AvgIpc) is 3.33. The zero-order valence-corrected chi connectivity index (χ0v) is 14.5. The molecule has 122 valence electrons. The van der Waals surface area contributed by atoms with E-state index in [1.807, 2.05) is 13.8 Å². The van der Waals surface area contributed by atoms with E-state index >= 15 is 0 Å². The van der Waals surface area contributed by atoms with E-state index in [0.717, 1.165) is 0 Å². The van der Waals surface area contributed by atoms with Gasteiger partial charge in [-0.3, -0.25) is 4.21 Å². The summed E-state index contributed by atoms with van der Waals surface area (Å²) in [6.45, 7) is 3.74. The van der Waals surface area contributed by atoms with Crippen LogP contribution in [0.25, 0.3) is 0 Å². The molecule has 0 aromatic heterocycles. The smallest absolute Gasteiger partial charge is 0.280 e. The zero-order chi connectivity index (χ0) is 16.7. The molecule has 1 aliphatic heterocycles. The van der Waals surface area contributed by atoms with Crippen molar-refractivity contribution in [2.45, 2.75) is 34.0 Å². The topological polar surface area (TPSA) is 63.7 Å². The van der Waals surface area contributed by atoms with Crippen LogP contribution in [-0.4, -0.2) is 23.0 Å². The largest absolute Gasteiger partial charge is 0.337 e. The molecule has 2 aromatic rings. The van der Waals surface area contributed by atoms with Crippen molar-refractivity contribution in [3.05, 3.63) is 60.7 Å². The fraction of sp³-hybridized carbons (Fsp3) is 0.294. The van der Waals surface area contributed by atoms with Gasteiger partial charge in [0.2, 0.25) is 9.84 Å². The Kier molecular flexibility index (Phi) is 4.16. The highest BCUT2D eigenvalue weighted by Crippen LogP contribution is 2.52. The van der Waals surface area contributed by atoms with Crippen molar-refractivity contribution in [3.63, 3.8) is 0 Å². The van der Waals surface area contributed by atoms with Gasteiger partial charge >= 0.3 is 0 Å². The van der Waals surface area contributed by atoms with Crippen LogP contribution in [-0.2, 0) is 25.4 Å². The second-order valence-electron chi connectivity index (χ2n) is 5.78. The van der Waals surface area contributed by atoms with Crippen LogP contribution in [0.3, 0.4) is 0 Å². The maximum atomic E-state index is 13.1. The summed E-state index contributed by atoms with van der Waals surface area (Å²) in [5, 5.41) is 0. The highest BCUT2D eigenvalue weighted by atomic mass is 32.3. The van der Waals surface area contributed by atoms with Gasteiger partial charge in [0.05, 0.1) is 4.90 Å². The normalized spacial score (nSPS) is 25.3. The summed E-state index contributed by atoms with van der Waals surface area (Å²) in [6.07, 6.45) is -0.589. The van der Waals surface area contributed by atoms with E-state index in [9.17, 15) is 12.6 Å². The minimum atomic E-state index is -3.89. The number of sulfone groups is 1. The quantitative estimate of drug-likeness (QED) is 0.778. The SMILES string of the molecule is CC(C)[C@H]1O[C@@]1(S(=O)c1ccccc1)S(=O)(=O)c1ccccc1. The standard InChI is InChI=1S/C17H18O4S2/c1-13(2)16-17(21-16,22(18)14-9-5-3-6-10-14)23(19,20)15-11-7-4-8-12-15/h3-13,16H,1-2H3/t16-,17+,22?/m1/s1. The Morgan fingerprint density at radius 1 is 1.00 bits per heavy atom. The fourth-order valence-electron chi connectivity index (χ4n) is 2.62. The molecule has 0 saturated carbocycles. The molecular weight excluding hydrogens is 332 g/mol. The van der Waals surface area contributed by atoms with Crippen molar-refractivity contribution in [1.82, 2.24) is 0 Å². The molecular formula is C17H18O4S2. The molecule has 0 bridgehead atoms. The van der Waals surface area contributed by atoms with Gasteiger partial charge in [-0.25, -0.2) is 8.42 Å². The van der Waals surface area contributed by atoms with E-state index in [-0.39, 0.29) is 10.8 Å². The number of hydrogen-bond acceptors (Lipinski definition) is 4. The van der Waals surface area contributed by atoms with Crippen LogP contribution in [0, 0.1) is 5.92 Å². The number of hydrogen-bond donors (Lipinski definition) is 0. The average molecular weight is 350 g/mol. The van der Waals surface area contributed by atoms with Gasteiger partial charge in [0, 0.05) is 4.90 Å². The molecule has 1 aliphatic rings. The minimum absolute atomic E-state index is 0.0545. The Morgan fingerprint density at radius 2 is 1.52 bits per heavy atom. The third-order valence-electron chi connectivity index (χ3n) is 3.83. The molecule has 3 atom stereocenters. The maximum absolute atomic E-state index is 13.1. The molecule has 0 N–H and O–H groups in total. The van der Waals surface area contributed by atoms with Gasteiger partial charge in [-0.05, 0) is 30.2 Å². The third kappa shape index (κ3) is 2.55. The molecule has 0 amide bonds. The number of ether oxygens (including phenoxy) is 1. The molecule has 0 aliphatic carbocycles. The third-order valence-corrected chi connectivity index (χ3v) is 8.46. The van der Waals surface area contributed by atoms with Crippen LogP contribution in [0.15, 0.2) is 70.5 Å². The first-order valence-corrected chi connectivity index (χ1v) is 9.99. The predicted molar refractivity (Wildman–Crippen MR) is 88.9 cm³/mol. The summed E-state index contributed by atoms with van der Waals surface area (Å²) in [7, 11) is -5.70. The summed E-state index contributed by atoms with van der Waals surface area (Å²) in [4.78, 5) is 0.586. The molecule has 6 heteroatoms. The predicted octanol–water partition coefficient (Wildman–Crippen LogP) is 2.98. The minimum Gasteiger partial charge on any atom is -0.337 e.